The van der Waals surface area contributed by atoms with E-state index in [1.54, 1.807) is 6.92 Å². The average Bonchev–Trinajstić information content (AvgIpc) is 2.29. The first kappa shape index (κ1) is 12.7. The van der Waals surface area contributed by atoms with Crippen LogP contribution in [0.1, 0.15) is 27.6 Å². The van der Waals surface area contributed by atoms with Crippen molar-refractivity contribution >= 4 is 17.9 Å². The van der Waals surface area contributed by atoms with E-state index >= 15 is 0 Å². The zero-order valence-corrected chi connectivity index (χ0v) is 9.19. The highest BCUT2D eigenvalue weighted by molar-refractivity contribution is 6.05. The monoisotopic (exact) mass is 236 g/mol. The zero-order valence-electron chi connectivity index (χ0n) is 9.19. The van der Waals surface area contributed by atoms with Crippen LogP contribution in [0.3, 0.4) is 0 Å². The lowest BCUT2D eigenvalue weighted by molar-refractivity contribution is 0.0697. The number of carboxylic acid groups (broad SMARTS) is 1. The van der Waals surface area contributed by atoms with Crippen molar-refractivity contribution < 1.29 is 19.5 Å². The Balaban J connectivity index is 2.79. The molecular formula is C11H12N2O4. The number of hydrogen-bond acceptors (Lipinski definition) is 3. The average molecular weight is 236 g/mol. The van der Waals surface area contributed by atoms with Crippen LogP contribution < -0.4 is 10.6 Å². The molecule has 17 heavy (non-hydrogen) atoms. The Bertz CT molecular complexity index is 457. The van der Waals surface area contributed by atoms with Crippen LogP contribution in [-0.2, 0) is 0 Å². The largest absolute Gasteiger partial charge is 0.478 e. The van der Waals surface area contributed by atoms with E-state index in [4.69, 9.17) is 5.11 Å². The predicted molar refractivity (Wildman–Crippen MR) is 59.9 cm³/mol. The number of urea groups is 1. The summed E-state index contributed by atoms with van der Waals surface area (Å²) in [6.07, 6.45) is 0. The Morgan fingerprint density at radius 3 is 2.47 bits per heavy atom. The summed E-state index contributed by atoms with van der Waals surface area (Å²) in [5, 5.41) is 13.2. The van der Waals surface area contributed by atoms with Gasteiger partial charge in [0, 0.05) is 12.1 Å². The number of aromatic carboxylic acids is 1. The van der Waals surface area contributed by atoms with Crippen LogP contribution in [0.25, 0.3) is 0 Å². The van der Waals surface area contributed by atoms with Crippen molar-refractivity contribution in [3.05, 3.63) is 35.4 Å². The summed E-state index contributed by atoms with van der Waals surface area (Å²) in [7, 11) is 0. The quantitative estimate of drug-likeness (QED) is 0.724. The van der Waals surface area contributed by atoms with Gasteiger partial charge in [0.05, 0.1) is 5.56 Å². The summed E-state index contributed by atoms with van der Waals surface area (Å²) in [4.78, 5) is 33.3. The third-order valence-corrected chi connectivity index (χ3v) is 1.94. The standard InChI is InChI=1S/C11H12N2O4/c1-2-12-11(17)13-9(14)7-4-3-5-8(6-7)10(15)16/h3-6H,2H2,1H3,(H,15,16)(H2,12,13,14,17). The molecule has 1 aromatic rings. The Hall–Kier alpha value is -2.37. The van der Waals surface area contributed by atoms with Gasteiger partial charge in [0.25, 0.3) is 5.91 Å². The first-order valence-electron chi connectivity index (χ1n) is 4.97. The van der Waals surface area contributed by atoms with Gasteiger partial charge in [0.1, 0.15) is 0 Å². The molecule has 6 heteroatoms. The summed E-state index contributed by atoms with van der Waals surface area (Å²) in [5.74, 6) is -1.77. The van der Waals surface area contributed by atoms with Gasteiger partial charge in [-0.1, -0.05) is 6.07 Å². The Morgan fingerprint density at radius 1 is 1.24 bits per heavy atom. The minimum Gasteiger partial charge on any atom is -0.478 e. The molecule has 0 fully saturated rings. The lowest BCUT2D eigenvalue weighted by Gasteiger charge is -2.05. The molecule has 0 saturated carbocycles. The molecule has 0 saturated heterocycles. The molecule has 1 rings (SSSR count). The fraction of sp³-hybridized carbons (Fsp3) is 0.182. The van der Waals surface area contributed by atoms with E-state index in [0.717, 1.165) is 0 Å². The van der Waals surface area contributed by atoms with Crippen molar-refractivity contribution in [3.63, 3.8) is 0 Å². The summed E-state index contributed by atoms with van der Waals surface area (Å²) < 4.78 is 0. The Kier molecular flexibility index (Phi) is 4.21. The van der Waals surface area contributed by atoms with Gasteiger partial charge in [0.15, 0.2) is 0 Å². The number of nitrogens with one attached hydrogen (secondary N) is 2. The smallest absolute Gasteiger partial charge is 0.335 e. The number of imide groups is 1. The maximum absolute atomic E-state index is 11.5. The summed E-state index contributed by atoms with van der Waals surface area (Å²) in [5.41, 5.74) is 0.115. The van der Waals surface area contributed by atoms with E-state index in [1.807, 2.05) is 0 Å². The van der Waals surface area contributed by atoms with Gasteiger partial charge in [-0.15, -0.1) is 0 Å². The number of carbonyl (C=O) groups excluding carboxylic acids is 2. The number of carboxylic acids is 1. The zero-order chi connectivity index (χ0) is 12.8. The van der Waals surface area contributed by atoms with Crippen molar-refractivity contribution in [2.45, 2.75) is 6.92 Å². The van der Waals surface area contributed by atoms with Crippen LogP contribution in [0, 0.1) is 0 Å². The van der Waals surface area contributed by atoms with Crippen molar-refractivity contribution in [3.8, 4) is 0 Å². The van der Waals surface area contributed by atoms with Gasteiger partial charge in [-0.3, -0.25) is 10.1 Å². The lowest BCUT2D eigenvalue weighted by Crippen LogP contribution is -2.39. The van der Waals surface area contributed by atoms with Crippen LogP contribution >= 0.6 is 0 Å². The number of benzene rings is 1. The van der Waals surface area contributed by atoms with Gasteiger partial charge < -0.3 is 10.4 Å². The van der Waals surface area contributed by atoms with Crippen molar-refractivity contribution in [1.29, 1.82) is 0 Å². The second-order valence-corrected chi connectivity index (χ2v) is 3.20. The van der Waals surface area contributed by atoms with Gasteiger partial charge >= 0.3 is 12.0 Å². The minimum atomic E-state index is -1.13. The van der Waals surface area contributed by atoms with Gasteiger partial charge in [-0.05, 0) is 25.1 Å². The normalized spacial score (nSPS) is 9.47. The number of rotatable bonds is 3. The summed E-state index contributed by atoms with van der Waals surface area (Å²) in [6.45, 7) is 2.11. The first-order chi connectivity index (χ1) is 8.04. The molecule has 0 heterocycles. The number of carbonyl (C=O) groups is 3. The second kappa shape index (κ2) is 5.64. The lowest BCUT2D eigenvalue weighted by atomic mass is 10.1. The van der Waals surface area contributed by atoms with E-state index in [9.17, 15) is 14.4 Å². The molecule has 0 aliphatic rings. The van der Waals surface area contributed by atoms with Crippen LogP contribution in [0.15, 0.2) is 24.3 Å². The molecule has 1 aromatic carbocycles. The Labute approximate surface area is 97.6 Å². The molecule has 6 nitrogen and oxygen atoms in total. The molecule has 0 radical (unpaired) electrons. The Morgan fingerprint density at radius 2 is 1.88 bits per heavy atom. The van der Waals surface area contributed by atoms with E-state index in [1.165, 1.54) is 24.3 Å². The van der Waals surface area contributed by atoms with Crippen LogP contribution in [0.4, 0.5) is 4.79 Å². The highest BCUT2D eigenvalue weighted by Crippen LogP contribution is 2.05. The molecule has 0 bridgehead atoms. The number of hydrogen-bond donors (Lipinski definition) is 3. The fourth-order valence-corrected chi connectivity index (χ4v) is 1.17. The highest BCUT2D eigenvalue weighted by atomic mass is 16.4. The maximum atomic E-state index is 11.5. The molecule has 3 amide bonds. The highest BCUT2D eigenvalue weighted by Gasteiger charge is 2.11. The second-order valence-electron chi connectivity index (χ2n) is 3.20. The third-order valence-electron chi connectivity index (χ3n) is 1.94. The van der Waals surface area contributed by atoms with E-state index in [-0.39, 0.29) is 11.1 Å². The molecule has 90 valence electrons. The number of amides is 3. The van der Waals surface area contributed by atoms with Crippen molar-refractivity contribution in [2.24, 2.45) is 0 Å². The van der Waals surface area contributed by atoms with Gasteiger partial charge in [-0.2, -0.15) is 0 Å². The van der Waals surface area contributed by atoms with E-state index in [2.05, 4.69) is 10.6 Å². The molecule has 0 aromatic heterocycles. The SMILES string of the molecule is CCNC(=O)NC(=O)c1cccc(C(=O)O)c1. The molecule has 0 aliphatic heterocycles. The summed E-state index contributed by atoms with van der Waals surface area (Å²) >= 11 is 0. The topological polar surface area (TPSA) is 95.5 Å². The molecular weight excluding hydrogens is 224 g/mol. The molecule has 3 N–H and O–H groups in total. The predicted octanol–water partition coefficient (Wildman–Crippen LogP) is 0.844. The van der Waals surface area contributed by atoms with Crippen LogP contribution in [-0.4, -0.2) is 29.6 Å². The molecule has 0 spiro atoms. The third kappa shape index (κ3) is 3.60. The molecule has 0 aliphatic carbocycles. The van der Waals surface area contributed by atoms with Gasteiger partial charge in [-0.25, -0.2) is 9.59 Å². The first-order valence-corrected chi connectivity index (χ1v) is 4.97. The van der Waals surface area contributed by atoms with Gasteiger partial charge in [0.2, 0.25) is 0 Å². The van der Waals surface area contributed by atoms with E-state index < -0.39 is 17.9 Å². The minimum absolute atomic E-state index is 0.00597. The molecule has 0 unspecified atom stereocenters. The van der Waals surface area contributed by atoms with E-state index in [0.29, 0.717) is 6.54 Å². The van der Waals surface area contributed by atoms with Crippen molar-refractivity contribution in [1.82, 2.24) is 10.6 Å². The fourth-order valence-electron chi connectivity index (χ4n) is 1.17. The van der Waals surface area contributed by atoms with Crippen LogP contribution in [0.5, 0.6) is 0 Å². The van der Waals surface area contributed by atoms with Crippen LogP contribution in [0.2, 0.25) is 0 Å². The van der Waals surface area contributed by atoms with Crippen molar-refractivity contribution in [2.75, 3.05) is 6.54 Å². The molecule has 0 atom stereocenters. The summed E-state index contributed by atoms with van der Waals surface area (Å²) in [6, 6.07) is 4.83. The maximum Gasteiger partial charge on any atom is 0.335 e.